The van der Waals surface area contributed by atoms with Crippen LogP contribution < -0.4 is 4.90 Å². The zero-order valence-electron chi connectivity index (χ0n) is 15.4. The van der Waals surface area contributed by atoms with Crippen molar-refractivity contribution in [2.24, 2.45) is 0 Å². The number of fused-ring (bicyclic) bond motifs is 1. The van der Waals surface area contributed by atoms with E-state index in [0.717, 1.165) is 34.4 Å². The van der Waals surface area contributed by atoms with Gasteiger partial charge >= 0.3 is 0 Å². The molecule has 0 bridgehead atoms. The van der Waals surface area contributed by atoms with Crippen LogP contribution in [-0.2, 0) is 32.6 Å². The minimum Gasteiger partial charge on any atom is -0.312 e. The number of aryl methyl sites for hydroxylation is 2. The summed E-state index contributed by atoms with van der Waals surface area (Å²) in [6.07, 6.45) is 2.07. The van der Waals surface area contributed by atoms with Gasteiger partial charge < -0.3 is 4.90 Å². The van der Waals surface area contributed by atoms with Crippen molar-refractivity contribution < 1.29 is 13.2 Å². The van der Waals surface area contributed by atoms with E-state index in [0.29, 0.717) is 19.4 Å². The normalized spacial score (nSPS) is 14.4. The van der Waals surface area contributed by atoms with Gasteiger partial charge in [-0.05, 0) is 42.5 Å². The third-order valence-electron chi connectivity index (χ3n) is 4.68. The molecule has 3 rings (SSSR count). The van der Waals surface area contributed by atoms with Gasteiger partial charge in [-0.15, -0.1) is 0 Å². The first-order valence-electron chi connectivity index (χ1n) is 9.06. The highest BCUT2D eigenvalue weighted by molar-refractivity contribution is 7.89. The predicted molar refractivity (Wildman–Crippen MR) is 105 cm³/mol. The first kappa shape index (κ1) is 18.6. The van der Waals surface area contributed by atoms with Gasteiger partial charge in [0, 0.05) is 18.7 Å². The molecule has 1 aliphatic rings. The maximum atomic E-state index is 12.6. The Morgan fingerprint density at radius 1 is 0.962 bits per heavy atom. The Labute approximate surface area is 155 Å². The number of anilines is 1. The number of amides is 1. The molecule has 0 aromatic heterocycles. The quantitative estimate of drug-likeness (QED) is 0.776. The van der Waals surface area contributed by atoms with Crippen molar-refractivity contribution in [1.82, 2.24) is 0 Å². The van der Waals surface area contributed by atoms with Crippen LogP contribution in [0, 0.1) is 6.92 Å². The Morgan fingerprint density at radius 2 is 1.62 bits per heavy atom. The summed E-state index contributed by atoms with van der Waals surface area (Å²) in [5, 5.41) is 0. The van der Waals surface area contributed by atoms with Crippen LogP contribution in [0.4, 0.5) is 5.69 Å². The van der Waals surface area contributed by atoms with Crippen molar-refractivity contribution in [3.05, 3.63) is 64.7 Å². The third kappa shape index (κ3) is 4.33. The number of carbonyl (C=O) groups excluding carboxylic acids is 1. The molecule has 0 saturated carbocycles. The summed E-state index contributed by atoms with van der Waals surface area (Å²) >= 11 is 0. The van der Waals surface area contributed by atoms with E-state index in [1.54, 1.807) is 0 Å². The Morgan fingerprint density at radius 3 is 2.31 bits per heavy atom. The third-order valence-corrected chi connectivity index (χ3v) is 6.23. The first-order chi connectivity index (χ1) is 12.4. The van der Waals surface area contributed by atoms with Crippen molar-refractivity contribution in [1.29, 1.82) is 0 Å². The number of carbonyl (C=O) groups is 1. The van der Waals surface area contributed by atoms with Crippen LogP contribution in [0.15, 0.2) is 42.5 Å². The SMILES string of the molecule is CCCN1C(=O)CCc2cc(CS(=O)(=O)Cc3ccc(C)cc3)ccc21. The van der Waals surface area contributed by atoms with E-state index in [4.69, 9.17) is 0 Å². The lowest BCUT2D eigenvalue weighted by Crippen LogP contribution is -2.35. The van der Waals surface area contributed by atoms with Gasteiger partial charge in [0.15, 0.2) is 9.84 Å². The van der Waals surface area contributed by atoms with Crippen LogP contribution in [0.2, 0.25) is 0 Å². The molecule has 1 heterocycles. The Bertz CT molecular complexity index is 901. The molecule has 2 aromatic rings. The largest absolute Gasteiger partial charge is 0.312 e. The number of sulfone groups is 1. The molecule has 0 saturated heterocycles. The number of hydrogen-bond donors (Lipinski definition) is 0. The highest BCUT2D eigenvalue weighted by atomic mass is 32.2. The molecule has 5 heteroatoms. The molecule has 1 aliphatic heterocycles. The van der Waals surface area contributed by atoms with E-state index < -0.39 is 9.84 Å². The molecule has 0 fully saturated rings. The van der Waals surface area contributed by atoms with Crippen LogP contribution in [0.5, 0.6) is 0 Å². The molecule has 138 valence electrons. The van der Waals surface area contributed by atoms with Gasteiger partial charge in [0.05, 0.1) is 11.5 Å². The van der Waals surface area contributed by atoms with Crippen molar-refractivity contribution >= 4 is 21.4 Å². The van der Waals surface area contributed by atoms with Gasteiger partial charge in [-0.3, -0.25) is 4.79 Å². The smallest absolute Gasteiger partial charge is 0.227 e. The Kier molecular flexibility index (Phi) is 5.47. The topological polar surface area (TPSA) is 54.5 Å². The fourth-order valence-corrected chi connectivity index (χ4v) is 4.90. The summed E-state index contributed by atoms with van der Waals surface area (Å²) in [5.41, 5.74) is 4.73. The fraction of sp³-hybridized carbons (Fsp3) is 0.381. The molecule has 2 aromatic carbocycles. The lowest BCUT2D eigenvalue weighted by Gasteiger charge is -2.29. The Balaban J connectivity index is 1.78. The highest BCUT2D eigenvalue weighted by Crippen LogP contribution is 2.29. The summed E-state index contributed by atoms with van der Waals surface area (Å²) in [6.45, 7) is 4.74. The molecule has 1 amide bonds. The zero-order chi connectivity index (χ0) is 18.7. The number of rotatable bonds is 6. The molecule has 26 heavy (non-hydrogen) atoms. The van der Waals surface area contributed by atoms with Gasteiger partial charge in [-0.1, -0.05) is 48.9 Å². The van der Waals surface area contributed by atoms with Crippen molar-refractivity contribution in [3.63, 3.8) is 0 Å². The average Bonchev–Trinajstić information content (AvgIpc) is 2.59. The summed E-state index contributed by atoms with van der Waals surface area (Å²) in [4.78, 5) is 13.9. The lowest BCUT2D eigenvalue weighted by atomic mass is 9.99. The second-order valence-corrected chi connectivity index (χ2v) is 9.09. The van der Waals surface area contributed by atoms with Crippen LogP contribution in [0.3, 0.4) is 0 Å². The monoisotopic (exact) mass is 371 g/mol. The molecular formula is C21H25NO3S. The standard InChI is InChI=1S/C21H25NO3S/c1-3-12-22-20-10-8-18(13-19(20)9-11-21(22)23)15-26(24,25)14-17-6-4-16(2)5-7-17/h4-8,10,13H,3,9,11-12,14-15H2,1-2H3. The first-order valence-corrected chi connectivity index (χ1v) is 10.9. The molecule has 0 atom stereocenters. The Hall–Kier alpha value is -2.14. The minimum atomic E-state index is -3.24. The zero-order valence-corrected chi connectivity index (χ0v) is 16.2. The molecule has 0 spiro atoms. The van der Waals surface area contributed by atoms with Gasteiger partial charge in [0.2, 0.25) is 5.91 Å². The van der Waals surface area contributed by atoms with E-state index in [2.05, 4.69) is 0 Å². The second-order valence-electron chi connectivity index (χ2n) is 7.03. The lowest BCUT2D eigenvalue weighted by molar-refractivity contribution is -0.118. The fourth-order valence-electron chi connectivity index (χ4n) is 3.42. The molecule has 0 radical (unpaired) electrons. The average molecular weight is 372 g/mol. The summed E-state index contributed by atoms with van der Waals surface area (Å²) in [5.74, 6) is 0.222. The summed E-state index contributed by atoms with van der Waals surface area (Å²) in [6, 6.07) is 13.3. The summed E-state index contributed by atoms with van der Waals surface area (Å²) < 4.78 is 25.2. The maximum Gasteiger partial charge on any atom is 0.227 e. The highest BCUT2D eigenvalue weighted by Gasteiger charge is 2.24. The van der Waals surface area contributed by atoms with E-state index in [-0.39, 0.29) is 17.4 Å². The number of nitrogens with zero attached hydrogens (tertiary/aromatic N) is 1. The summed E-state index contributed by atoms with van der Waals surface area (Å²) in [7, 11) is -3.24. The second kappa shape index (κ2) is 7.62. The van der Waals surface area contributed by atoms with Gasteiger partial charge in [0.25, 0.3) is 0 Å². The molecular weight excluding hydrogens is 346 g/mol. The molecule has 0 unspecified atom stereocenters. The van der Waals surface area contributed by atoms with Crippen molar-refractivity contribution in [2.75, 3.05) is 11.4 Å². The van der Waals surface area contributed by atoms with E-state index >= 15 is 0 Å². The predicted octanol–water partition coefficient (Wildman–Crippen LogP) is 3.80. The van der Waals surface area contributed by atoms with Crippen LogP contribution >= 0.6 is 0 Å². The minimum absolute atomic E-state index is 0.0237. The molecule has 4 nitrogen and oxygen atoms in total. The van der Waals surface area contributed by atoms with Crippen LogP contribution in [0.1, 0.15) is 42.0 Å². The number of hydrogen-bond acceptors (Lipinski definition) is 3. The van der Waals surface area contributed by atoms with E-state index in [1.807, 2.05) is 61.2 Å². The van der Waals surface area contributed by atoms with Gasteiger partial charge in [-0.2, -0.15) is 0 Å². The van der Waals surface area contributed by atoms with E-state index in [9.17, 15) is 13.2 Å². The maximum absolute atomic E-state index is 12.6. The molecule has 0 N–H and O–H groups in total. The molecule has 0 aliphatic carbocycles. The number of benzene rings is 2. The van der Waals surface area contributed by atoms with Crippen LogP contribution in [0.25, 0.3) is 0 Å². The van der Waals surface area contributed by atoms with Crippen molar-refractivity contribution in [2.45, 2.75) is 44.6 Å². The van der Waals surface area contributed by atoms with Crippen molar-refractivity contribution in [3.8, 4) is 0 Å². The van der Waals surface area contributed by atoms with Gasteiger partial charge in [0.1, 0.15) is 0 Å². The van der Waals surface area contributed by atoms with Crippen LogP contribution in [-0.4, -0.2) is 20.9 Å². The van der Waals surface area contributed by atoms with Gasteiger partial charge in [-0.25, -0.2) is 8.42 Å². The van der Waals surface area contributed by atoms with E-state index in [1.165, 1.54) is 0 Å².